The average Bonchev–Trinajstić information content (AvgIpc) is 3.25. The lowest BCUT2D eigenvalue weighted by Crippen LogP contribution is -2.34. The number of hydrogen-bond donors (Lipinski definition) is 1. The predicted molar refractivity (Wildman–Crippen MR) is 107 cm³/mol. The maximum atomic E-state index is 13.0. The lowest BCUT2D eigenvalue weighted by Gasteiger charge is -2.30. The standard InChI is InChI=1S/C22H17N3O6/c1-2-29-21(26)17-18-16(12-23)20(24)31-22(18,14-8-10-15(11-9-14)25(27)28)30-19(17)13-6-4-3-5-7-13/h3-11,18H,2,24H2,1H3/t18-,22-/m0/s1. The van der Waals surface area contributed by atoms with Crippen molar-refractivity contribution in [1.82, 2.24) is 0 Å². The Kier molecular flexibility index (Phi) is 4.83. The molecule has 2 aromatic rings. The van der Waals surface area contributed by atoms with Crippen LogP contribution < -0.4 is 5.73 Å². The predicted octanol–water partition coefficient (Wildman–Crippen LogP) is 3.09. The first-order valence-corrected chi connectivity index (χ1v) is 9.42. The smallest absolute Gasteiger partial charge is 0.338 e. The van der Waals surface area contributed by atoms with Crippen LogP contribution in [0, 0.1) is 27.4 Å². The van der Waals surface area contributed by atoms with Crippen LogP contribution in [0.1, 0.15) is 18.1 Å². The highest BCUT2D eigenvalue weighted by molar-refractivity contribution is 5.99. The lowest BCUT2D eigenvalue weighted by atomic mass is 9.83. The van der Waals surface area contributed by atoms with Gasteiger partial charge in [-0.2, -0.15) is 5.26 Å². The molecule has 2 aliphatic heterocycles. The molecule has 0 saturated heterocycles. The van der Waals surface area contributed by atoms with Gasteiger partial charge >= 0.3 is 5.97 Å². The SMILES string of the molecule is CCOC(=O)C1=C(c2ccccc2)O[C@@]2(c3ccc([N+](=O)[O-])cc3)OC(N)=C(C#N)[C@@H]12. The summed E-state index contributed by atoms with van der Waals surface area (Å²) in [6.45, 7) is 1.78. The molecule has 0 aromatic heterocycles. The minimum atomic E-state index is -1.67. The second-order valence-electron chi connectivity index (χ2n) is 6.83. The number of nitro groups is 1. The van der Waals surface area contributed by atoms with Crippen LogP contribution in [0.3, 0.4) is 0 Å². The third-order valence-electron chi connectivity index (χ3n) is 5.12. The Morgan fingerprint density at radius 2 is 1.90 bits per heavy atom. The van der Waals surface area contributed by atoms with Crippen molar-refractivity contribution in [1.29, 1.82) is 5.26 Å². The quantitative estimate of drug-likeness (QED) is 0.443. The lowest BCUT2D eigenvalue weighted by molar-refractivity contribution is -0.384. The molecule has 2 heterocycles. The van der Waals surface area contributed by atoms with Gasteiger partial charge in [0.2, 0.25) is 5.88 Å². The number of carbonyl (C=O) groups is 1. The first-order chi connectivity index (χ1) is 14.9. The van der Waals surface area contributed by atoms with E-state index >= 15 is 0 Å². The molecule has 0 unspecified atom stereocenters. The van der Waals surface area contributed by atoms with E-state index in [2.05, 4.69) is 0 Å². The van der Waals surface area contributed by atoms with Crippen LogP contribution in [-0.4, -0.2) is 17.5 Å². The molecule has 2 atom stereocenters. The fourth-order valence-corrected chi connectivity index (χ4v) is 3.80. The third-order valence-corrected chi connectivity index (χ3v) is 5.12. The number of fused-ring (bicyclic) bond motifs is 1. The van der Waals surface area contributed by atoms with Crippen molar-refractivity contribution in [2.24, 2.45) is 11.7 Å². The van der Waals surface area contributed by atoms with Crippen molar-refractivity contribution in [3.63, 3.8) is 0 Å². The molecule has 0 radical (unpaired) electrons. The molecule has 0 amide bonds. The summed E-state index contributed by atoms with van der Waals surface area (Å²) in [6, 6.07) is 16.4. The summed E-state index contributed by atoms with van der Waals surface area (Å²) >= 11 is 0. The summed E-state index contributed by atoms with van der Waals surface area (Å²) in [5.41, 5.74) is 6.91. The fourth-order valence-electron chi connectivity index (χ4n) is 3.80. The number of hydrogen-bond acceptors (Lipinski definition) is 8. The topological polar surface area (TPSA) is 138 Å². The van der Waals surface area contributed by atoms with E-state index in [0.29, 0.717) is 11.1 Å². The molecule has 156 valence electrons. The number of carbonyl (C=O) groups excluding carboxylic acids is 1. The molecule has 0 aliphatic carbocycles. The number of non-ortho nitro benzene ring substituents is 1. The maximum Gasteiger partial charge on any atom is 0.338 e. The summed E-state index contributed by atoms with van der Waals surface area (Å²) in [7, 11) is 0. The normalized spacial score (nSPS) is 21.7. The number of esters is 1. The van der Waals surface area contributed by atoms with E-state index in [1.165, 1.54) is 24.3 Å². The highest BCUT2D eigenvalue weighted by Gasteiger charge is 2.62. The zero-order valence-corrected chi connectivity index (χ0v) is 16.4. The second kappa shape index (κ2) is 7.50. The molecule has 0 spiro atoms. The molecule has 9 nitrogen and oxygen atoms in total. The van der Waals surface area contributed by atoms with Gasteiger partial charge in [0.1, 0.15) is 23.3 Å². The number of nitrogens with two attached hydrogens (primary N) is 1. The van der Waals surface area contributed by atoms with Crippen LogP contribution in [0.15, 0.2) is 71.6 Å². The zero-order chi connectivity index (χ0) is 22.2. The molecular weight excluding hydrogens is 402 g/mol. The molecule has 31 heavy (non-hydrogen) atoms. The van der Waals surface area contributed by atoms with Gasteiger partial charge in [-0.3, -0.25) is 10.1 Å². The minimum absolute atomic E-state index is 0.0207. The van der Waals surface area contributed by atoms with Crippen molar-refractivity contribution in [2.75, 3.05) is 6.61 Å². The first-order valence-electron chi connectivity index (χ1n) is 9.42. The first kappa shape index (κ1) is 20.0. The van der Waals surface area contributed by atoms with Gasteiger partial charge in [0, 0.05) is 23.3 Å². The van der Waals surface area contributed by atoms with E-state index in [1.54, 1.807) is 31.2 Å². The minimum Gasteiger partial charge on any atom is -0.463 e. The number of nitrogens with zero attached hydrogens (tertiary/aromatic N) is 2. The van der Waals surface area contributed by atoms with E-state index in [9.17, 15) is 20.2 Å². The van der Waals surface area contributed by atoms with Gasteiger partial charge in [-0.1, -0.05) is 30.3 Å². The van der Waals surface area contributed by atoms with E-state index in [4.69, 9.17) is 19.9 Å². The van der Waals surface area contributed by atoms with E-state index < -0.39 is 22.6 Å². The maximum absolute atomic E-state index is 13.0. The number of rotatable bonds is 5. The Hall–Kier alpha value is -4.32. The molecular formula is C22H17N3O6. The largest absolute Gasteiger partial charge is 0.463 e. The zero-order valence-electron chi connectivity index (χ0n) is 16.4. The Balaban J connectivity index is 1.93. The molecule has 0 bridgehead atoms. The number of benzene rings is 2. The summed E-state index contributed by atoms with van der Waals surface area (Å²) in [5, 5.41) is 20.8. The van der Waals surface area contributed by atoms with Crippen LogP contribution >= 0.6 is 0 Å². The van der Waals surface area contributed by atoms with Gasteiger partial charge < -0.3 is 19.9 Å². The van der Waals surface area contributed by atoms with Gasteiger partial charge in [0.25, 0.3) is 11.5 Å². The Morgan fingerprint density at radius 1 is 1.23 bits per heavy atom. The highest BCUT2D eigenvalue weighted by Crippen LogP contribution is 2.57. The Labute approximate surface area is 177 Å². The molecule has 0 fully saturated rings. The van der Waals surface area contributed by atoms with Crippen LogP contribution in [0.4, 0.5) is 5.69 Å². The number of nitro benzene ring substituents is 1. The van der Waals surface area contributed by atoms with Crippen molar-refractivity contribution in [2.45, 2.75) is 12.7 Å². The Morgan fingerprint density at radius 3 is 2.48 bits per heavy atom. The summed E-state index contributed by atoms with van der Waals surface area (Å²) in [4.78, 5) is 23.5. The van der Waals surface area contributed by atoms with Gasteiger partial charge in [-0.25, -0.2) is 4.79 Å². The van der Waals surface area contributed by atoms with Gasteiger partial charge in [-0.05, 0) is 19.1 Å². The van der Waals surface area contributed by atoms with Gasteiger partial charge in [0.05, 0.1) is 17.1 Å². The molecule has 4 rings (SSSR count). The van der Waals surface area contributed by atoms with E-state index in [-0.39, 0.29) is 35.1 Å². The van der Waals surface area contributed by atoms with Crippen LogP contribution in [-0.2, 0) is 24.8 Å². The molecule has 9 heteroatoms. The molecule has 0 saturated carbocycles. The van der Waals surface area contributed by atoms with Crippen LogP contribution in [0.2, 0.25) is 0 Å². The van der Waals surface area contributed by atoms with Crippen molar-refractivity contribution in [3.05, 3.63) is 92.9 Å². The van der Waals surface area contributed by atoms with Crippen molar-refractivity contribution >= 4 is 17.4 Å². The second-order valence-corrected chi connectivity index (χ2v) is 6.83. The highest BCUT2D eigenvalue weighted by atomic mass is 16.7. The number of nitriles is 1. The summed E-state index contributed by atoms with van der Waals surface area (Å²) in [5.74, 6) is -3.32. The average molecular weight is 419 g/mol. The summed E-state index contributed by atoms with van der Waals surface area (Å²) in [6.07, 6.45) is 0. The van der Waals surface area contributed by atoms with Crippen molar-refractivity contribution < 1.29 is 23.9 Å². The molecule has 2 N–H and O–H groups in total. The van der Waals surface area contributed by atoms with Gasteiger partial charge in [-0.15, -0.1) is 0 Å². The molecule has 2 aromatic carbocycles. The van der Waals surface area contributed by atoms with Crippen LogP contribution in [0.5, 0.6) is 0 Å². The summed E-state index contributed by atoms with van der Waals surface area (Å²) < 4.78 is 17.4. The van der Waals surface area contributed by atoms with E-state index in [1.807, 2.05) is 12.1 Å². The molecule has 2 aliphatic rings. The van der Waals surface area contributed by atoms with Crippen LogP contribution in [0.25, 0.3) is 5.76 Å². The third kappa shape index (κ3) is 3.05. The van der Waals surface area contributed by atoms with E-state index in [0.717, 1.165) is 0 Å². The monoisotopic (exact) mass is 419 g/mol. The van der Waals surface area contributed by atoms with Gasteiger partial charge in [0.15, 0.2) is 0 Å². The Bertz CT molecular complexity index is 1160. The number of ether oxygens (including phenoxy) is 3. The fraction of sp³-hybridized carbons (Fsp3) is 0.182. The van der Waals surface area contributed by atoms with Crippen molar-refractivity contribution in [3.8, 4) is 6.07 Å².